The lowest BCUT2D eigenvalue weighted by Crippen LogP contribution is -2.48. The van der Waals surface area contributed by atoms with Crippen molar-refractivity contribution < 1.29 is 9.32 Å². The van der Waals surface area contributed by atoms with E-state index in [4.69, 9.17) is 9.78 Å². The van der Waals surface area contributed by atoms with E-state index in [1.54, 1.807) is 24.3 Å². The van der Waals surface area contributed by atoms with Crippen LogP contribution >= 0.6 is 0 Å². The van der Waals surface area contributed by atoms with Crippen molar-refractivity contribution in [2.75, 3.05) is 38.0 Å². The Bertz CT molecular complexity index is 800. The Labute approximate surface area is 158 Å². The Hall–Kier alpha value is -2.76. The second-order valence-electron chi connectivity index (χ2n) is 6.99. The zero-order valence-corrected chi connectivity index (χ0v) is 15.7. The normalized spacial score (nSPS) is 15.6. The summed E-state index contributed by atoms with van der Waals surface area (Å²) in [6.07, 6.45) is 0. The number of amides is 1. The van der Waals surface area contributed by atoms with Gasteiger partial charge in [-0.2, -0.15) is 10.2 Å². The van der Waals surface area contributed by atoms with Crippen molar-refractivity contribution in [1.82, 2.24) is 19.9 Å². The third kappa shape index (κ3) is 5.36. The maximum atomic E-state index is 12.2. The Morgan fingerprint density at radius 2 is 1.89 bits per heavy atom. The first-order valence-corrected chi connectivity index (χ1v) is 9.10. The van der Waals surface area contributed by atoms with E-state index in [0.29, 0.717) is 30.2 Å². The highest BCUT2D eigenvalue weighted by molar-refractivity contribution is 5.92. The topological polar surface area (TPSA) is 98.3 Å². The van der Waals surface area contributed by atoms with Gasteiger partial charge >= 0.3 is 0 Å². The Kier molecular flexibility index (Phi) is 6.16. The highest BCUT2D eigenvalue weighted by atomic mass is 16.5. The molecule has 27 heavy (non-hydrogen) atoms. The predicted molar refractivity (Wildman–Crippen MR) is 99.9 cm³/mol. The van der Waals surface area contributed by atoms with E-state index in [1.807, 2.05) is 13.8 Å². The number of anilines is 1. The molecule has 0 spiro atoms. The van der Waals surface area contributed by atoms with Crippen LogP contribution in [-0.2, 0) is 11.3 Å². The van der Waals surface area contributed by atoms with Crippen LogP contribution < -0.4 is 5.32 Å². The third-order valence-electron chi connectivity index (χ3n) is 4.49. The molecule has 142 valence electrons. The zero-order valence-electron chi connectivity index (χ0n) is 15.7. The van der Waals surface area contributed by atoms with Gasteiger partial charge in [0.25, 0.3) is 0 Å². The van der Waals surface area contributed by atoms with E-state index in [2.05, 4.69) is 31.3 Å². The van der Waals surface area contributed by atoms with Gasteiger partial charge in [0.15, 0.2) is 5.82 Å². The lowest BCUT2D eigenvalue weighted by Gasteiger charge is -2.33. The molecule has 1 N–H and O–H groups in total. The summed E-state index contributed by atoms with van der Waals surface area (Å²) in [5, 5.41) is 15.7. The van der Waals surface area contributed by atoms with E-state index in [-0.39, 0.29) is 11.8 Å². The Balaban J connectivity index is 1.41. The third-order valence-corrected chi connectivity index (χ3v) is 4.49. The number of nitriles is 1. The van der Waals surface area contributed by atoms with Gasteiger partial charge in [0.05, 0.1) is 24.7 Å². The maximum Gasteiger partial charge on any atom is 0.240 e. The van der Waals surface area contributed by atoms with Gasteiger partial charge in [-0.15, -0.1) is 0 Å². The van der Waals surface area contributed by atoms with Gasteiger partial charge in [-0.25, -0.2) is 0 Å². The molecule has 0 saturated carbocycles. The van der Waals surface area contributed by atoms with Crippen LogP contribution in [0, 0.1) is 11.3 Å². The fourth-order valence-corrected chi connectivity index (χ4v) is 2.90. The number of aromatic nitrogens is 2. The van der Waals surface area contributed by atoms with Crippen LogP contribution in [0.1, 0.15) is 37.0 Å². The summed E-state index contributed by atoms with van der Waals surface area (Å²) < 4.78 is 5.30. The molecule has 1 aromatic carbocycles. The minimum Gasteiger partial charge on any atom is -0.338 e. The SMILES string of the molecule is CC(C)c1noc(CN2CCN(CC(=O)Nc3ccc(C#N)cc3)CC2)n1. The van der Waals surface area contributed by atoms with Crippen LogP contribution in [0.3, 0.4) is 0 Å². The molecular formula is C19H24N6O2. The molecule has 1 saturated heterocycles. The molecule has 8 nitrogen and oxygen atoms in total. The highest BCUT2D eigenvalue weighted by Crippen LogP contribution is 2.13. The fraction of sp³-hybridized carbons (Fsp3) is 0.474. The van der Waals surface area contributed by atoms with Crippen molar-refractivity contribution in [2.24, 2.45) is 0 Å². The molecule has 0 radical (unpaired) electrons. The molecule has 1 fully saturated rings. The van der Waals surface area contributed by atoms with Gasteiger partial charge in [-0.05, 0) is 24.3 Å². The van der Waals surface area contributed by atoms with Gasteiger partial charge < -0.3 is 9.84 Å². The van der Waals surface area contributed by atoms with Gasteiger partial charge in [-0.1, -0.05) is 19.0 Å². The van der Waals surface area contributed by atoms with Crippen molar-refractivity contribution >= 4 is 11.6 Å². The summed E-state index contributed by atoms with van der Waals surface area (Å²) in [4.78, 5) is 21.0. The molecule has 0 bridgehead atoms. The van der Waals surface area contributed by atoms with Crippen molar-refractivity contribution in [3.8, 4) is 6.07 Å². The standard InChI is InChI=1S/C19H24N6O2/c1-14(2)19-22-18(27-23-19)13-25-9-7-24(8-10-25)12-17(26)21-16-5-3-15(11-20)4-6-16/h3-6,14H,7-10,12-13H2,1-2H3,(H,21,26). The van der Waals surface area contributed by atoms with E-state index in [0.717, 1.165) is 32.0 Å². The Morgan fingerprint density at radius 3 is 2.48 bits per heavy atom. The number of carbonyl (C=O) groups excluding carboxylic acids is 1. The fourth-order valence-electron chi connectivity index (χ4n) is 2.90. The van der Waals surface area contributed by atoms with Crippen LogP contribution in [0.25, 0.3) is 0 Å². The first-order valence-electron chi connectivity index (χ1n) is 9.10. The lowest BCUT2D eigenvalue weighted by molar-refractivity contribution is -0.117. The van der Waals surface area contributed by atoms with Gasteiger partial charge in [0, 0.05) is 37.8 Å². The van der Waals surface area contributed by atoms with E-state index in [9.17, 15) is 4.79 Å². The first-order chi connectivity index (χ1) is 13.0. The summed E-state index contributed by atoms with van der Waals surface area (Å²) in [6, 6.07) is 8.92. The molecule has 0 unspecified atom stereocenters. The number of rotatable bonds is 6. The van der Waals surface area contributed by atoms with Crippen molar-refractivity contribution in [1.29, 1.82) is 5.26 Å². The number of carbonyl (C=O) groups is 1. The number of piperazine rings is 1. The molecule has 1 amide bonds. The van der Waals surface area contributed by atoms with Gasteiger partial charge in [-0.3, -0.25) is 14.6 Å². The maximum absolute atomic E-state index is 12.2. The minimum atomic E-state index is -0.0494. The van der Waals surface area contributed by atoms with Crippen molar-refractivity contribution in [2.45, 2.75) is 26.3 Å². The van der Waals surface area contributed by atoms with Crippen molar-refractivity contribution in [3.05, 3.63) is 41.5 Å². The number of nitrogens with zero attached hydrogens (tertiary/aromatic N) is 5. The molecule has 3 rings (SSSR count). The molecule has 8 heteroatoms. The summed E-state index contributed by atoms with van der Waals surface area (Å²) >= 11 is 0. The van der Waals surface area contributed by atoms with Crippen LogP contribution in [0.2, 0.25) is 0 Å². The van der Waals surface area contributed by atoms with Gasteiger partial charge in [0.1, 0.15) is 0 Å². The summed E-state index contributed by atoms with van der Waals surface area (Å²) in [5.74, 6) is 1.59. The Morgan fingerprint density at radius 1 is 1.22 bits per heavy atom. The van der Waals surface area contributed by atoms with E-state index in [1.165, 1.54) is 0 Å². The summed E-state index contributed by atoms with van der Waals surface area (Å²) in [5.41, 5.74) is 1.28. The second kappa shape index (κ2) is 8.75. The van der Waals surface area contributed by atoms with Crippen LogP contribution in [0.5, 0.6) is 0 Å². The molecule has 2 aromatic rings. The zero-order chi connectivity index (χ0) is 19.2. The van der Waals surface area contributed by atoms with Crippen molar-refractivity contribution in [3.63, 3.8) is 0 Å². The van der Waals surface area contributed by atoms with Crippen LogP contribution in [0.15, 0.2) is 28.8 Å². The molecule has 1 aromatic heterocycles. The minimum absolute atomic E-state index is 0.0494. The van der Waals surface area contributed by atoms with Gasteiger partial charge in [0.2, 0.25) is 11.8 Å². The highest BCUT2D eigenvalue weighted by Gasteiger charge is 2.21. The van der Waals surface area contributed by atoms with Crippen LogP contribution in [0.4, 0.5) is 5.69 Å². The molecule has 0 aliphatic carbocycles. The summed E-state index contributed by atoms with van der Waals surface area (Å²) in [6.45, 7) is 8.40. The predicted octanol–water partition coefficient (Wildman–Crippen LogP) is 1.82. The average molecular weight is 368 g/mol. The lowest BCUT2D eigenvalue weighted by atomic mass is 10.2. The first kappa shape index (κ1) is 19.0. The monoisotopic (exact) mass is 368 g/mol. The number of benzene rings is 1. The number of hydrogen-bond acceptors (Lipinski definition) is 7. The molecule has 2 heterocycles. The second-order valence-corrected chi connectivity index (χ2v) is 6.99. The van der Waals surface area contributed by atoms with E-state index >= 15 is 0 Å². The molecule has 0 atom stereocenters. The molecule has 1 aliphatic rings. The van der Waals surface area contributed by atoms with Crippen LogP contribution in [-0.4, -0.2) is 58.6 Å². The number of nitrogens with one attached hydrogen (secondary N) is 1. The average Bonchev–Trinajstić information content (AvgIpc) is 3.13. The number of hydrogen-bond donors (Lipinski definition) is 1. The van der Waals surface area contributed by atoms with E-state index < -0.39 is 0 Å². The molecule has 1 aliphatic heterocycles. The molecular weight excluding hydrogens is 344 g/mol. The smallest absolute Gasteiger partial charge is 0.240 e. The summed E-state index contributed by atoms with van der Waals surface area (Å²) in [7, 11) is 0. The largest absolute Gasteiger partial charge is 0.338 e. The quantitative estimate of drug-likeness (QED) is 0.830.